The Morgan fingerprint density at radius 3 is 2.42 bits per heavy atom. The van der Waals surface area contributed by atoms with Crippen molar-refractivity contribution in [3.63, 3.8) is 0 Å². The van der Waals surface area contributed by atoms with Crippen LogP contribution in [-0.2, 0) is 11.2 Å². The first kappa shape index (κ1) is 22.4. The minimum absolute atomic E-state index is 0.0149. The van der Waals surface area contributed by atoms with E-state index in [4.69, 9.17) is 11.1 Å². The lowest BCUT2D eigenvalue weighted by molar-refractivity contribution is -0.117. The van der Waals surface area contributed by atoms with Crippen LogP contribution in [0, 0.1) is 12.3 Å². The molecule has 1 saturated heterocycles. The molecule has 0 spiro atoms. The van der Waals surface area contributed by atoms with Gasteiger partial charge in [-0.15, -0.1) is 0 Å². The minimum atomic E-state index is -0.0840. The number of carbonyl (C=O) groups excluding carboxylic acids is 1. The number of piperazine rings is 1. The van der Waals surface area contributed by atoms with Gasteiger partial charge in [-0.3, -0.25) is 10.2 Å². The summed E-state index contributed by atoms with van der Waals surface area (Å²) in [5.74, 6) is 1.69. The fourth-order valence-corrected chi connectivity index (χ4v) is 4.05. The second-order valence-corrected chi connectivity index (χ2v) is 8.33. The lowest BCUT2D eigenvalue weighted by atomic mass is 10.0. The molecule has 4 rings (SSSR count). The number of hydrogen-bond donors (Lipinski definition) is 2. The number of nitrogens with one attached hydrogen (secondary N) is 1. The zero-order valence-corrected chi connectivity index (χ0v) is 18.9. The van der Waals surface area contributed by atoms with E-state index in [1.54, 1.807) is 0 Å². The van der Waals surface area contributed by atoms with Crippen LogP contribution in [0.2, 0.25) is 0 Å². The number of pyridine rings is 1. The third kappa shape index (κ3) is 5.71. The zero-order valence-electron chi connectivity index (χ0n) is 18.9. The average Bonchev–Trinajstić information content (AvgIpc) is 2.83. The highest BCUT2D eigenvalue weighted by Crippen LogP contribution is 2.23. The van der Waals surface area contributed by atoms with E-state index in [1.807, 2.05) is 42.9 Å². The Hall–Kier alpha value is -3.81. The SMILES string of the molecule is Cc1cccnc1N1CCN(c2ncc(-c3cccc(CCC(=O)CC(=N)N)c3)cn2)CC1. The van der Waals surface area contributed by atoms with Gasteiger partial charge < -0.3 is 15.5 Å². The van der Waals surface area contributed by atoms with Crippen LogP contribution in [0.5, 0.6) is 0 Å². The van der Waals surface area contributed by atoms with Crippen molar-refractivity contribution in [3.05, 3.63) is 66.1 Å². The van der Waals surface area contributed by atoms with Crippen molar-refractivity contribution in [2.75, 3.05) is 36.0 Å². The number of amidine groups is 1. The van der Waals surface area contributed by atoms with E-state index in [-0.39, 0.29) is 18.0 Å². The summed E-state index contributed by atoms with van der Waals surface area (Å²) >= 11 is 0. The van der Waals surface area contributed by atoms with Gasteiger partial charge in [0.05, 0.1) is 12.3 Å². The molecule has 3 heterocycles. The molecule has 0 aliphatic carbocycles. The number of aryl methyl sites for hydroxylation is 2. The molecule has 1 aliphatic rings. The summed E-state index contributed by atoms with van der Waals surface area (Å²) in [6, 6.07) is 12.1. The number of aromatic nitrogens is 3. The number of rotatable bonds is 8. The molecule has 33 heavy (non-hydrogen) atoms. The molecule has 0 amide bonds. The van der Waals surface area contributed by atoms with E-state index < -0.39 is 0 Å². The molecule has 8 heteroatoms. The summed E-state index contributed by atoms with van der Waals surface area (Å²) in [6.45, 7) is 5.55. The van der Waals surface area contributed by atoms with E-state index >= 15 is 0 Å². The topological polar surface area (TPSA) is 112 Å². The highest BCUT2D eigenvalue weighted by molar-refractivity contribution is 5.98. The predicted molar refractivity (Wildman–Crippen MR) is 131 cm³/mol. The van der Waals surface area contributed by atoms with E-state index in [2.05, 4.69) is 43.8 Å². The normalized spacial score (nSPS) is 13.7. The standard InChI is InChI=1S/C25H29N7O/c1-18-4-3-9-28-24(18)31-10-12-32(13-11-31)25-29-16-21(17-30-25)20-6-2-5-19(14-20)7-8-22(33)15-23(26)27/h2-6,9,14,16-17H,7-8,10-13,15H2,1H3,(H3,26,27). The molecule has 1 fully saturated rings. The number of benzene rings is 1. The van der Waals surface area contributed by atoms with Crippen molar-refractivity contribution in [2.45, 2.75) is 26.2 Å². The third-order valence-electron chi connectivity index (χ3n) is 5.82. The largest absolute Gasteiger partial charge is 0.387 e. The van der Waals surface area contributed by atoms with Gasteiger partial charge in [0.25, 0.3) is 0 Å². The number of hydrogen-bond acceptors (Lipinski definition) is 7. The zero-order chi connectivity index (χ0) is 23.2. The van der Waals surface area contributed by atoms with Gasteiger partial charge >= 0.3 is 0 Å². The molecule has 0 atom stereocenters. The van der Waals surface area contributed by atoms with Gasteiger partial charge in [0.2, 0.25) is 5.95 Å². The molecule has 0 unspecified atom stereocenters. The smallest absolute Gasteiger partial charge is 0.225 e. The van der Waals surface area contributed by atoms with Gasteiger partial charge in [-0.05, 0) is 36.1 Å². The predicted octanol–water partition coefficient (Wildman–Crippen LogP) is 3.00. The molecular weight excluding hydrogens is 414 g/mol. The fourth-order valence-electron chi connectivity index (χ4n) is 4.05. The second kappa shape index (κ2) is 10.2. The number of anilines is 2. The molecule has 0 bridgehead atoms. The van der Waals surface area contributed by atoms with Crippen LogP contribution in [-0.4, -0.2) is 52.7 Å². The Balaban J connectivity index is 1.36. The molecule has 2 aromatic heterocycles. The summed E-state index contributed by atoms with van der Waals surface area (Å²) in [5, 5.41) is 7.24. The monoisotopic (exact) mass is 443 g/mol. The first-order chi connectivity index (χ1) is 16.0. The van der Waals surface area contributed by atoms with E-state index in [0.29, 0.717) is 12.8 Å². The summed E-state index contributed by atoms with van der Waals surface area (Å²) in [6.07, 6.45) is 6.58. The molecule has 1 aliphatic heterocycles. The summed E-state index contributed by atoms with van der Waals surface area (Å²) in [5.41, 5.74) is 9.53. The van der Waals surface area contributed by atoms with Gasteiger partial charge in [-0.25, -0.2) is 15.0 Å². The van der Waals surface area contributed by atoms with Gasteiger partial charge in [-0.2, -0.15) is 0 Å². The number of Topliss-reactive ketones (excluding diaryl/α,β-unsaturated/α-hetero) is 1. The van der Waals surface area contributed by atoms with Crippen molar-refractivity contribution in [1.29, 1.82) is 5.41 Å². The van der Waals surface area contributed by atoms with Crippen LogP contribution in [0.15, 0.2) is 55.0 Å². The summed E-state index contributed by atoms with van der Waals surface area (Å²) < 4.78 is 0. The molecule has 3 N–H and O–H groups in total. The molecular formula is C25H29N7O. The lowest BCUT2D eigenvalue weighted by Crippen LogP contribution is -2.47. The van der Waals surface area contributed by atoms with Crippen LogP contribution in [0.4, 0.5) is 11.8 Å². The Morgan fingerprint density at radius 2 is 1.73 bits per heavy atom. The van der Waals surface area contributed by atoms with Crippen LogP contribution < -0.4 is 15.5 Å². The molecule has 170 valence electrons. The molecule has 3 aromatic rings. The maximum atomic E-state index is 11.8. The Bertz CT molecular complexity index is 1120. The van der Waals surface area contributed by atoms with Crippen molar-refractivity contribution >= 4 is 23.4 Å². The minimum Gasteiger partial charge on any atom is -0.387 e. The second-order valence-electron chi connectivity index (χ2n) is 8.33. The average molecular weight is 444 g/mol. The van der Waals surface area contributed by atoms with Gasteiger partial charge in [0, 0.05) is 56.8 Å². The van der Waals surface area contributed by atoms with Crippen molar-refractivity contribution in [1.82, 2.24) is 15.0 Å². The van der Waals surface area contributed by atoms with Crippen molar-refractivity contribution in [2.24, 2.45) is 5.73 Å². The van der Waals surface area contributed by atoms with Gasteiger partial charge in [-0.1, -0.05) is 30.3 Å². The Kier molecular flexibility index (Phi) is 6.92. The fraction of sp³-hybridized carbons (Fsp3) is 0.320. The highest BCUT2D eigenvalue weighted by Gasteiger charge is 2.21. The maximum Gasteiger partial charge on any atom is 0.225 e. The number of carbonyl (C=O) groups is 1. The number of nitrogens with zero attached hydrogens (tertiary/aromatic N) is 5. The maximum absolute atomic E-state index is 11.8. The Labute approximate surface area is 194 Å². The summed E-state index contributed by atoms with van der Waals surface area (Å²) in [4.78, 5) is 30.1. The van der Waals surface area contributed by atoms with Crippen molar-refractivity contribution < 1.29 is 4.79 Å². The van der Waals surface area contributed by atoms with Crippen LogP contribution in [0.1, 0.15) is 24.0 Å². The van der Waals surface area contributed by atoms with E-state index in [0.717, 1.165) is 54.6 Å². The first-order valence-corrected chi connectivity index (χ1v) is 11.2. The van der Waals surface area contributed by atoms with Crippen LogP contribution in [0.3, 0.4) is 0 Å². The van der Waals surface area contributed by atoms with Crippen LogP contribution >= 0.6 is 0 Å². The van der Waals surface area contributed by atoms with Gasteiger partial charge in [0.15, 0.2) is 0 Å². The first-order valence-electron chi connectivity index (χ1n) is 11.2. The number of ketones is 1. The van der Waals surface area contributed by atoms with Gasteiger partial charge in [0.1, 0.15) is 11.6 Å². The van der Waals surface area contributed by atoms with E-state index in [1.165, 1.54) is 5.56 Å². The quantitative estimate of drug-likeness (QED) is 0.406. The molecule has 1 aromatic carbocycles. The lowest BCUT2D eigenvalue weighted by Gasteiger charge is -2.36. The molecule has 0 radical (unpaired) electrons. The summed E-state index contributed by atoms with van der Waals surface area (Å²) in [7, 11) is 0. The molecule has 0 saturated carbocycles. The van der Waals surface area contributed by atoms with Crippen LogP contribution in [0.25, 0.3) is 11.1 Å². The number of nitrogens with two attached hydrogens (primary N) is 1. The molecule has 8 nitrogen and oxygen atoms in total. The third-order valence-corrected chi connectivity index (χ3v) is 5.82. The highest BCUT2D eigenvalue weighted by atomic mass is 16.1. The van der Waals surface area contributed by atoms with E-state index in [9.17, 15) is 4.79 Å². The Morgan fingerprint density at radius 1 is 1.00 bits per heavy atom. The van der Waals surface area contributed by atoms with Crippen molar-refractivity contribution in [3.8, 4) is 11.1 Å².